The number of allylic oxidation sites excluding steroid dienone is 14. The lowest BCUT2D eigenvalue weighted by atomic mass is 10.0. The van der Waals surface area contributed by atoms with Crippen molar-refractivity contribution in [2.24, 2.45) is 0 Å². The van der Waals surface area contributed by atoms with E-state index in [-0.39, 0.29) is 25.7 Å². The van der Waals surface area contributed by atoms with Crippen molar-refractivity contribution in [1.29, 1.82) is 0 Å². The van der Waals surface area contributed by atoms with Crippen LogP contribution in [0.1, 0.15) is 374 Å². The Bertz CT molecular complexity index is 2300. The molecule has 0 spiro atoms. The van der Waals surface area contributed by atoms with E-state index in [4.69, 9.17) is 37.0 Å². The SMILES string of the molecule is CC/C=C\C/C=C\C/C=C\C/C=C\C/C=C\CCCCCC(=O)O[C@H](COC(=O)CCCCCCC/C=C\CCCCCCCC)COP(=O)(O)OC[C@@H](O)COP(=O)(O)OC[C@@H](COC(=O)CCCCCCCCC/C=C\CCCCCC)OC(=O)CCCCCCCCCCCCCCCCC. The minimum atomic E-state index is -4.99. The average molecular weight is 1510 g/mol. The maximum absolute atomic E-state index is 13.1. The minimum absolute atomic E-state index is 0.0558. The van der Waals surface area contributed by atoms with Crippen LogP contribution in [-0.4, -0.2) is 96.7 Å². The van der Waals surface area contributed by atoms with E-state index in [1.807, 2.05) is 0 Å². The molecule has 0 aromatic heterocycles. The highest BCUT2D eigenvalue weighted by atomic mass is 31.2. The number of rotatable bonds is 79. The van der Waals surface area contributed by atoms with Crippen LogP contribution < -0.4 is 0 Å². The van der Waals surface area contributed by atoms with E-state index >= 15 is 0 Å². The Balaban J connectivity index is 5.38. The lowest BCUT2D eigenvalue weighted by Crippen LogP contribution is -2.30. The van der Waals surface area contributed by atoms with Crippen LogP contribution in [0.25, 0.3) is 0 Å². The zero-order chi connectivity index (χ0) is 76.0. The van der Waals surface area contributed by atoms with Crippen molar-refractivity contribution >= 4 is 39.5 Å². The number of phosphoric acid groups is 2. The van der Waals surface area contributed by atoms with Crippen LogP contribution in [0.2, 0.25) is 0 Å². The molecule has 0 rings (SSSR count). The second-order valence-corrected chi connectivity index (χ2v) is 30.9. The monoisotopic (exact) mass is 1510 g/mol. The molecule has 3 N–H and O–H groups in total. The maximum Gasteiger partial charge on any atom is 0.472 e. The molecular formula is C85H152O17P2. The molecule has 0 aromatic rings. The summed E-state index contributed by atoms with van der Waals surface area (Å²) in [6.45, 7) is 4.77. The molecular weight excluding hydrogens is 1350 g/mol. The molecule has 19 heteroatoms. The van der Waals surface area contributed by atoms with Crippen LogP contribution in [0.5, 0.6) is 0 Å². The van der Waals surface area contributed by atoms with E-state index in [1.165, 1.54) is 141 Å². The summed E-state index contributed by atoms with van der Waals surface area (Å²) in [5.74, 6) is -2.20. The first-order valence-corrected chi connectivity index (χ1v) is 44.8. The van der Waals surface area contributed by atoms with Crippen LogP contribution >= 0.6 is 15.6 Å². The number of aliphatic hydroxyl groups is 1. The van der Waals surface area contributed by atoms with Crippen LogP contribution in [-0.2, 0) is 65.4 Å². The summed E-state index contributed by atoms with van der Waals surface area (Å²) in [5.41, 5.74) is 0. The fourth-order valence-electron chi connectivity index (χ4n) is 11.5. The number of aliphatic hydroxyl groups excluding tert-OH is 1. The number of phosphoric ester groups is 2. The first-order valence-electron chi connectivity index (χ1n) is 41.8. The molecule has 0 aromatic carbocycles. The number of ether oxygens (including phenoxy) is 4. The Morgan fingerprint density at radius 1 is 0.279 bits per heavy atom. The first kappa shape index (κ1) is 100. The Hall–Kier alpha value is -3.76. The summed E-state index contributed by atoms with van der Waals surface area (Å²) in [4.78, 5) is 73.1. The molecule has 0 saturated carbocycles. The van der Waals surface area contributed by atoms with Crippen molar-refractivity contribution in [2.45, 2.75) is 393 Å². The third-order valence-corrected chi connectivity index (χ3v) is 19.7. The molecule has 0 aliphatic heterocycles. The highest BCUT2D eigenvalue weighted by Crippen LogP contribution is 2.45. The molecule has 0 fully saturated rings. The van der Waals surface area contributed by atoms with Crippen molar-refractivity contribution < 1.29 is 80.2 Å². The molecule has 604 valence electrons. The van der Waals surface area contributed by atoms with Gasteiger partial charge in [0.1, 0.15) is 19.3 Å². The van der Waals surface area contributed by atoms with Gasteiger partial charge in [0.25, 0.3) is 0 Å². The van der Waals surface area contributed by atoms with E-state index < -0.39 is 97.5 Å². The van der Waals surface area contributed by atoms with Crippen LogP contribution in [0.4, 0.5) is 0 Å². The van der Waals surface area contributed by atoms with Gasteiger partial charge in [-0.15, -0.1) is 0 Å². The van der Waals surface area contributed by atoms with Gasteiger partial charge in [-0.2, -0.15) is 0 Å². The molecule has 2 unspecified atom stereocenters. The van der Waals surface area contributed by atoms with Gasteiger partial charge in [0.05, 0.1) is 26.4 Å². The van der Waals surface area contributed by atoms with Crippen molar-refractivity contribution in [2.75, 3.05) is 39.6 Å². The molecule has 17 nitrogen and oxygen atoms in total. The van der Waals surface area contributed by atoms with Crippen molar-refractivity contribution in [3.8, 4) is 0 Å². The first-order chi connectivity index (χ1) is 50.7. The topological polar surface area (TPSA) is 237 Å². The number of unbranched alkanes of at least 4 members (excludes halogenated alkanes) is 39. The van der Waals surface area contributed by atoms with Gasteiger partial charge < -0.3 is 33.8 Å². The predicted octanol–water partition coefficient (Wildman–Crippen LogP) is 24.6. The predicted molar refractivity (Wildman–Crippen MR) is 427 cm³/mol. The van der Waals surface area contributed by atoms with Crippen molar-refractivity contribution in [3.63, 3.8) is 0 Å². The zero-order valence-corrected chi connectivity index (χ0v) is 68.0. The third-order valence-electron chi connectivity index (χ3n) is 17.8. The minimum Gasteiger partial charge on any atom is -0.462 e. The molecule has 0 aliphatic rings. The largest absolute Gasteiger partial charge is 0.472 e. The van der Waals surface area contributed by atoms with Gasteiger partial charge in [-0.25, -0.2) is 9.13 Å². The highest BCUT2D eigenvalue weighted by molar-refractivity contribution is 7.47. The fraction of sp³-hybridized carbons (Fsp3) is 0.788. The molecule has 0 saturated heterocycles. The molecule has 0 heterocycles. The van der Waals surface area contributed by atoms with Crippen molar-refractivity contribution in [1.82, 2.24) is 0 Å². The highest BCUT2D eigenvalue weighted by Gasteiger charge is 2.30. The standard InChI is InChI=1S/C85H152O17P2/c1-5-9-13-17-21-25-29-33-37-38-39-40-44-48-52-56-60-64-68-72-85(90)102-81(76-96-83(88)70-66-62-58-54-50-46-42-35-31-27-23-19-15-11-7-3)78-100-104(93,94)98-74-79(86)73-97-103(91,92)99-77-80(101-84(89)71-67-63-59-55-51-47-43-36-32-28-24-20-16-12-8-4)75-95-82(87)69-65-61-57-53-49-45-41-34-30-26-22-18-14-10-6-2/h9,13,21,25-26,30,33,35,37,39-40,42,48,52,79-81,86H,5-8,10-12,14-20,22-24,27-29,31-32,34,36,38,41,43-47,49-51,53-78H2,1-4H3,(H,91,92)(H,93,94)/b13-9-,25-21-,30-26-,37-33-,40-39-,42-35-,52-48-/t79-,80+,81+/m0/s1. The van der Waals surface area contributed by atoms with Crippen LogP contribution in [0.3, 0.4) is 0 Å². The normalized spacial score (nSPS) is 14.3. The number of esters is 4. The van der Waals surface area contributed by atoms with Gasteiger partial charge >= 0.3 is 39.5 Å². The van der Waals surface area contributed by atoms with Gasteiger partial charge in [-0.05, 0) is 122 Å². The Kier molecular flexibility index (Phi) is 74.6. The van der Waals surface area contributed by atoms with Crippen LogP contribution in [0, 0.1) is 0 Å². The molecule has 0 aliphatic carbocycles. The quantitative estimate of drug-likeness (QED) is 0.0169. The Labute approximate surface area is 634 Å². The summed E-state index contributed by atoms with van der Waals surface area (Å²) >= 11 is 0. The average Bonchev–Trinajstić information content (AvgIpc) is 0.943. The summed E-state index contributed by atoms with van der Waals surface area (Å²) in [7, 11) is -9.96. The maximum atomic E-state index is 13.1. The van der Waals surface area contributed by atoms with E-state index in [0.29, 0.717) is 25.7 Å². The number of carbonyl (C=O) groups excluding carboxylic acids is 4. The zero-order valence-electron chi connectivity index (χ0n) is 66.2. The number of hydrogen-bond acceptors (Lipinski definition) is 15. The van der Waals surface area contributed by atoms with E-state index in [2.05, 4.69) is 113 Å². The summed E-state index contributed by atoms with van der Waals surface area (Å²) in [5, 5.41) is 10.7. The van der Waals surface area contributed by atoms with Gasteiger partial charge in [-0.1, -0.05) is 312 Å². The third kappa shape index (κ3) is 76.4. The van der Waals surface area contributed by atoms with E-state index in [1.54, 1.807) is 0 Å². The van der Waals surface area contributed by atoms with Crippen molar-refractivity contribution in [3.05, 3.63) is 85.1 Å². The summed E-state index contributed by atoms with van der Waals surface area (Å²) in [6, 6.07) is 0. The van der Waals surface area contributed by atoms with Gasteiger partial charge in [0.15, 0.2) is 12.2 Å². The summed E-state index contributed by atoms with van der Waals surface area (Å²) < 4.78 is 68.7. The lowest BCUT2D eigenvalue weighted by molar-refractivity contribution is -0.161. The number of hydrogen-bond donors (Lipinski definition) is 3. The Morgan fingerprint density at radius 3 is 0.798 bits per heavy atom. The second kappa shape index (κ2) is 77.4. The smallest absolute Gasteiger partial charge is 0.462 e. The Morgan fingerprint density at radius 2 is 0.500 bits per heavy atom. The molecule has 5 atom stereocenters. The second-order valence-electron chi connectivity index (χ2n) is 28.0. The molecule has 0 amide bonds. The van der Waals surface area contributed by atoms with Gasteiger partial charge in [0, 0.05) is 25.7 Å². The number of carbonyl (C=O) groups is 4. The fourth-order valence-corrected chi connectivity index (χ4v) is 13.1. The molecule has 0 bridgehead atoms. The molecule has 0 radical (unpaired) electrons. The lowest BCUT2D eigenvalue weighted by Gasteiger charge is -2.21. The van der Waals surface area contributed by atoms with Gasteiger partial charge in [-0.3, -0.25) is 37.3 Å². The van der Waals surface area contributed by atoms with E-state index in [0.717, 1.165) is 154 Å². The molecule has 104 heavy (non-hydrogen) atoms. The summed E-state index contributed by atoms with van der Waals surface area (Å²) in [6.07, 6.45) is 81.2. The van der Waals surface area contributed by atoms with E-state index in [9.17, 15) is 43.2 Å². The van der Waals surface area contributed by atoms with Crippen LogP contribution in [0.15, 0.2) is 85.1 Å². The van der Waals surface area contributed by atoms with Gasteiger partial charge in [0.2, 0.25) is 0 Å².